The van der Waals surface area contributed by atoms with Crippen molar-refractivity contribution in [2.45, 2.75) is 25.9 Å². The maximum Gasteiger partial charge on any atom is 0.321 e. The minimum absolute atomic E-state index is 0.113. The number of nitrogens with zero attached hydrogens (tertiary/aromatic N) is 2. The molecule has 2 N–H and O–H groups in total. The van der Waals surface area contributed by atoms with Crippen LogP contribution in [0.1, 0.15) is 19.8 Å². The van der Waals surface area contributed by atoms with Crippen LogP contribution in [0, 0.1) is 5.92 Å². The monoisotopic (exact) mass is 325 g/mol. The van der Waals surface area contributed by atoms with Crippen molar-refractivity contribution in [3.8, 4) is 0 Å². The highest BCUT2D eigenvalue weighted by molar-refractivity contribution is 6.33. The molecule has 0 radical (unpaired) electrons. The van der Waals surface area contributed by atoms with Crippen molar-refractivity contribution in [3.05, 3.63) is 23.2 Å². The second-order valence-corrected chi connectivity index (χ2v) is 6.46. The largest absolute Gasteiger partial charge is 0.393 e. The third-order valence-electron chi connectivity index (χ3n) is 4.19. The van der Waals surface area contributed by atoms with Gasteiger partial charge in [0.05, 0.1) is 16.8 Å². The molecule has 0 spiro atoms. The minimum atomic E-state index is -0.303. The first-order valence-corrected chi connectivity index (χ1v) is 7.97. The molecule has 1 aromatic rings. The summed E-state index contributed by atoms with van der Waals surface area (Å²) in [6, 6.07) is 5.38. The van der Waals surface area contributed by atoms with Crippen LogP contribution in [-0.2, 0) is 0 Å². The fraction of sp³-hybridized carbons (Fsp3) is 0.562. The first-order chi connectivity index (χ1) is 10.4. The number of benzene rings is 1. The first-order valence-electron chi connectivity index (χ1n) is 7.59. The molecule has 0 bridgehead atoms. The molecular formula is C16H24ClN3O2. The van der Waals surface area contributed by atoms with E-state index in [9.17, 15) is 9.90 Å². The summed E-state index contributed by atoms with van der Waals surface area (Å²) in [6.07, 6.45) is 1.37. The van der Waals surface area contributed by atoms with Crippen LogP contribution in [0.2, 0.25) is 5.02 Å². The lowest BCUT2D eigenvalue weighted by molar-refractivity contribution is 0.0820. The minimum Gasteiger partial charge on any atom is -0.393 e. The molecule has 0 aliphatic carbocycles. The average molecular weight is 326 g/mol. The van der Waals surface area contributed by atoms with Crippen molar-refractivity contribution < 1.29 is 9.90 Å². The highest BCUT2D eigenvalue weighted by atomic mass is 35.5. The summed E-state index contributed by atoms with van der Waals surface area (Å²) < 4.78 is 0. The number of hydrogen-bond donors (Lipinski definition) is 2. The maximum atomic E-state index is 12.3. The molecule has 5 nitrogen and oxygen atoms in total. The molecule has 1 aliphatic heterocycles. The van der Waals surface area contributed by atoms with Crippen molar-refractivity contribution in [2.24, 2.45) is 5.92 Å². The standard InChI is InChI=1S/C16H24ClN3O2/c1-11(21)12-6-8-20(9-7-12)16(22)18-13-4-5-15(19(2)3)14(17)10-13/h4-5,10-12,21H,6-9H2,1-3H3,(H,18,22). The third-order valence-corrected chi connectivity index (χ3v) is 4.49. The second kappa shape index (κ2) is 7.20. The lowest BCUT2D eigenvalue weighted by atomic mass is 9.92. The SMILES string of the molecule is CC(O)C1CCN(C(=O)Nc2ccc(N(C)C)c(Cl)c2)CC1. The van der Waals surface area contributed by atoms with E-state index in [2.05, 4.69) is 5.32 Å². The smallest absolute Gasteiger partial charge is 0.321 e. The lowest BCUT2D eigenvalue weighted by Gasteiger charge is -2.33. The van der Waals surface area contributed by atoms with Crippen LogP contribution in [-0.4, -0.2) is 49.3 Å². The average Bonchev–Trinajstić information content (AvgIpc) is 2.47. The highest BCUT2D eigenvalue weighted by Gasteiger charge is 2.25. The molecule has 1 atom stereocenters. The Morgan fingerprint density at radius 3 is 2.55 bits per heavy atom. The van der Waals surface area contributed by atoms with E-state index in [-0.39, 0.29) is 18.1 Å². The Balaban J connectivity index is 1.94. The highest BCUT2D eigenvalue weighted by Crippen LogP contribution is 2.28. The number of amides is 2. The van der Waals surface area contributed by atoms with Crippen molar-refractivity contribution >= 4 is 29.0 Å². The van der Waals surface area contributed by atoms with Gasteiger partial charge in [-0.15, -0.1) is 0 Å². The molecular weight excluding hydrogens is 302 g/mol. The van der Waals surface area contributed by atoms with Gasteiger partial charge in [0.1, 0.15) is 0 Å². The van der Waals surface area contributed by atoms with E-state index in [1.54, 1.807) is 11.0 Å². The van der Waals surface area contributed by atoms with Gasteiger partial charge in [0.25, 0.3) is 0 Å². The summed E-state index contributed by atoms with van der Waals surface area (Å²) in [7, 11) is 3.84. The number of piperidine rings is 1. The van der Waals surface area contributed by atoms with Gasteiger partial charge in [-0.1, -0.05) is 11.6 Å². The lowest BCUT2D eigenvalue weighted by Crippen LogP contribution is -2.42. The third kappa shape index (κ3) is 4.05. The van der Waals surface area contributed by atoms with E-state index in [1.165, 1.54) is 0 Å². The van der Waals surface area contributed by atoms with E-state index >= 15 is 0 Å². The number of aliphatic hydroxyl groups is 1. The number of anilines is 2. The van der Waals surface area contributed by atoms with E-state index in [1.807, 2.05) is 38.1 Å². The van der Waals surface area contributed by atoms with E-state index < -0.39 is 0 Å². The van der Waals surface area contributed by atoms with Gasteiger partial charge < -0.3 is 20.2 Å². The summed E-state index contributed by atoms with van der Waals surface area (Å²) in [4.78, 5) is 16.0. The Hall–Kier alpha value is -1.46. The summed E-state index contributed by atoms with van der Waals surface area (Å²) in [6.45, 7) is 3.16. The fourth-order valence-electron chi connectivity index (χ4n) is 2.73. The quantitative estimate of drug-likeness (QED) is 0.898. The molecule has 122 valence electrons. The summed E-state index contributed by atoms with van der Waals surface area (Å²) in [5, 5.41) is 13.1. The fourth-order valence-corrected chi connectivity index (χ4v) is 3.08. The molecule has 1 aromatic carbocycles. The molecule has 1 unspecified atom stereocenters. The molecule has 0 aromatic heterocycles. The van der Waals surface area contributed by atoms with Gasteiger partial charge in [0, 0.05) is 32.9 Å². The number of hydrogen-bond acceptors (Lipinski definition) is 3. The van der Waals surface area contributed by atoms with Crippen LogP contribution in [0.15, 0.2) is 18.2 Å². The second-order valence-electron chi connectivity index (χ2n) is 6.06. The van der Waals surface area contributed by atoms with Gasteiger partial charge in [0.2, 0.25) is 0 Å². The van der Waals surface area contributed by atoms with Crippen LogP contribution in [0.25, 0.3) is 0 Å². The van der Waals surface area contributed by atoms with Gasteiger partial charge >= 0.3 is 6.03 Å². The predicted octanol–water partition coefficient (Wildman–Crippen LogP) is 3.03. The Labute approximate surface area is 136 Å². The van der Waals surface area contributed by atoms with Crippen molar-refractivity contribution in [1.29, 1.82) is 0 Å². The Bertz CT molecular complexity index is 526. The van der Waals surface area contributed by atoms with Gasteiger partial charge in [-0.25, -0.2) is 4.79 Å². The van der Waals surface area contributed by atoms with E-state index in [0.717, 1.165) is 18.5 Å². The zero-order chi connectivity index (χ0) is 16.3. The van der Waals surface area contributed by atoms with Gasteiger partial charge in [-0.2, -0.15) is 0 Å². The van der Waals surface area contributed by atoms with Crippen LogP contribution < -0.4 is 10.2 Å². The van der Waals surface area contributed by atoms with Crippen molar-refractivity contribution in [2.75, 3.05) is 37.4 Å². The van der Waals surface area contributed by atoms with Crippen molar-refractivity contribution in [1.82, 2.24) is 4.90 Å². The normalized spacial score (nSPS) is 17.2. The summed E-state index contributed by atoms with van der Waals surface area (Å²) in [5.74, 6) is 0.290. The Morgan fingerprint density at radius 2 is 2.05 bits per heavy atom. The maximum absolute atomic E-state index is 12.3. The number of rotatable bonds is 3. The number of nitrogens with one attached hydrogen (secondary N) is 1. The number of carbonyl (C=O) groups is 1. The Kier molecular flexibility index (Phi) is 5.53. The summed E-state index contributed by atoms with van der Waals surface area (Å²) in [5.41, 5.74) is 1.61. The number of urea groups is 1. The predicted molar refractivity (Wildman–Crippen MR) is 90.8 cm³/mol. The number of carbonyl (C=O) groups excluding carboxylic acids is 1. The number of aliphatic hydroxyl groups excluding tert-OH is 1. The first kappa shape index (κ1) is 16.9. The molecule has 6 heteroatoms. The van der Waals surface area contributed by atoms with Gasteiger partial charge in [-0.3, -0.25) is 0 Å². The molecule has 2 amide bonds. The summed E-state index contributed by atoms with van der Waals surface area (Å²) >= 11 is 6.21. The number of halogens is 1. The molecule has 1 aliphatic rings. The zero-order valence-corrected chi connectivity index (χ0v) is 14.1. The van der Waals surface area contributed by atoms with Crippen LogP contribution in [0.4, 0.5) is 16.2 Å². The molecule has 22 heavy (non-hydrogen) atoms. The molecule has 1 fully saturated rings. The van der Waals surface area contributed by atoms with Crippen LogP contribution in [0.5, 0.6) is 0 Å². The molecule has 2 rings (SSSR count). The van der Waals surface area contributed by atoms with Gasteiger partial charge in [0.15, 0.2) is 0 Å². The van der Waals surface area contributed by atoms with E-state index in [4.69, 9.17) is 11.6 Å². The van der Waals surface area contributed by atoms with Crippen molar-refractivity contribution in [3.63, 3.8) is 0 Å². The van der Waals surface area contributed by atoms with Crippen LogP contribution in [0.3, 0.4) is 0 Å². The topological polar surface area (TPSA) is 55.8 Å². The Morgan fingerprint density at radius 1 is 1.41 bits per heavy atom. The molecule has 1 heterocycles. The zero-order valence-electron chi connectivity index (χ0n) is 13.3. The van der Waals surface area contributed by atoms with Crippen LogP contribution >= 0.6 is 11.6 Å². The molecule has 1 saturated heterocycles. The van der Waals surface area contributed by atoms with Gasteiger partial charge in [-0.05, 0) is 43.9 Å². The molecule has 0 saturated carbocycles. The van der Waals surface area contributed by atoms with E-state index in [0.29, 0.717) is 23.8 Å². The number of likely N-dealkylation sites (tertiary alicyclic amines) is 1.